The summed E-state index contributed by atoms with van der Waals surface area (Å²) in [7, 11) is 0. The fraction of sp³-hybridized carbons (Fsp3) is 0.259. The molecule has 0 aliphatic heterocycles. The first-order valence-corrected chi connectivity index (χ1v) is 10.8. The Bertz CT molecular complexity index is 993. The zero-order valence-electron chi connectivity index (χ0n) is 18.9. The smallest absolute Gasteiger partial charge is 0.341 e. The van der Waals surface area contributed by atoms with Crippen LogP contribution in [0.3, 0.4) is 0 Å². The summed E-state index contributed by atoms with van der Waals surface area (Å²) in [6.45, 7) is 7.02. The molecule has 0 amide bonds. The predicted molar refractivity (Wildman–Crippen MR) is 127 cm³/mol. The van der Waals surface area contributed by atoms with Crippen LogP contribution in [-0.2, 0) is 19.1 Å². The largest absolute Gasteiger partial charge is 0.461 e. The number of rotatable bonds is 8. The monoisotopic (exact) mass is 431 g/mol. The lowest BCUT2D eigenvalue weighted by Gasteiger charge is -2.32. The number of nitrogens with zero attached hydrogens (tertiary/aromatic N) is 1. The lowest BCUT2D eigenvalue weighted by atomic mass is 10.0. The van der Waals surface area contributed by atoms with E-state index in [0.717, 1.165) is 11.1 Å². The van der Waals surface area contributed by atoms with Crippen LogP contribution in [0, 0.1) is 0 Å². The van der Waals surface area contributed by atoms with Gasteiger partial charge in [-0.15, -0.1) is 0 Å². The van der Waals surface area contributed by atoms with Gasteiger partial charge in [0.1, 0.15) is 0 Å². The summed E-state index contributed by atoms with van der Waals surface area (Å²) in [4.78, 5) is 27.8. The Kier molecular flexibility index (Phi) is 7.66. The number of ether oxygens (including phenoxy) is 2. The Morgan fingerprint density at radius 2 is 1.00 bits per heavy atom. The molecule has 0 aliphatic carbocycles. The van der Waals surface area contributed by atoms with E-state index in [9.17, 15) is 9.59 Å². The molecule has 0 bridgehead atoms. The van der Waals surface area contributed by atoms with Gasteiger partial charge in [-0.2, -0.15) is 0 Å². The minimum Gasteiger partial charge on any atom is -0.461 e. The molecule has 0 N–H and O–H groups in total. The molecule has 0 aromatic heterocycles. The van der Waals surface area contributed by atoms with Crippen LogP contribution in [0.2, 0.25) is 0 Å². The summed E-state index contributed by atoms with van der Waals surface area (Å²) in [6.07, 6.45) is -0.732. The Morgan fingerprint density at radius 1 is 0.594 bits per heavy atom. The van der Waals surface area contributed by atoms with Crippen molar-refractivity contribution >= 4 is 23.3 Å². The van der Waals surface area contributed by atoms with Gasteiger partial charge in [-0.3, -0.25) is 0 Å². The molecule has 0 saturated heterocycles. The van der Waals surface area contributed by atoms with Crippen LogP contribution in [0.5, 0.6) is 0 Å². The summed E-state index contributed by atoms with van der Waals surface area (Å²) in [5.74, 6) is -1.30. The first-order valence-electron chi connectivity index (χ1n) is 10.8. The topological polar surface area (TPSA) is 55.8 Å². The third-order valence-corrected chi connectivity index (χ3v) is 4.70. The third-order valence-electron chi connectivity index (χ3n) is 4.70. The molecule has 0 heterocycles. The van der Waals surface area contributed by atoms with Gasteiger partial charge in [0.15, 0.2) is 0 Å². The van der Waals surface area contributed by atoms with Crippen molar-refractivity contribution in [3.8, 4) is 11.1 Å². The van der Waals surface area contributed by atoms with Crippen molar-refractivity contribution in [1.29, 1.82) is 0 Å². The first-order chi connectivity index (χ1) is 15.4. The maximum Gasteiger partial charge on any atom is 0.341 e. The fourth-order valence-corrected chi connectivity index (χ4v) is 3.38. The van der Waals surface area contributed by atoms with Gasteiger partial charge in [-0.1, -0.05) is 60.7 Å². The highest BCUT2D eigenvalue weighted by Gasteiger charge is 2.38. The van der Waals surface area contributed by atoms with E-state index in [0.29, 0.717) is 11.4 Å². The summed E-state index contributed by atoms with van der Waals surface area (Å²) >= 11 is 0. The molecule has 3 aromatic rings. The molecule has 0 radical (unpaired) electrons. The standard InChI is InChI=1S/C27H29NO4/c1-19(2)31-26(29)25(27(30)32-20(3)4)28(23-13-9-6-10-14-23)24-17-15-22(16-18-24)21-11-7-5-8-12-21/h5-20,25H,1-4H3. The highest BCUT2D eigenvalue weighted by molar-refractivity contribution is 6.04. The van der Waals surface area contributed by atoms with Gasteiger partial charge in [0.2, 0.25) is 6.04 Å². The average Bonchev–Trinajstić information content (AvgIpc) is 2.77. The van der Waals surface area contributed by atoms with Gasteiger partial charge in [-0.25, -0.2) is 9.59 Å². The fourth-order valence-electron chi connectivity index (χ4n) is 3.38. The molecule has 0 fully saturated rings. The van der Waals surface area contributed by atoms with Crippen molar-refractivity contribution < 1.29 is 19.1 Å². The predicted octanol–water partition coefficient (Wildman–Crippen LogP) is 5.76. The van der Waals surface area contributed by atoms with Gasteiger partial charge >= 0.3 is 11.9 Å². The van der Waals surface area contributed by atoms with Crippen molar-refractivity contribution in [1.82, 2.24) is 0 Å². The summed E-state index contributed by atoms with van der Waals surface area (Å²) < 4.78 is 10.9. The first kappa shape index (κ1) is 23.1. The van der Waals surface area contributed by atoms with E-state index in [4.69, 9.17) is 9.47 Å². The van der Waals surface area contributed by atoms with E-state index in [1.807, 2.05) is 84.9 Å². The van der Waals surface area contributed by atoms with Crippen LogP contribution in [0.1, 0.15) is 27.7 Å². The second kappa shape index (κ2) is 10.6. The molecule has 0 saturated carbocycles. The molecule has 3 rings (SSSR count). The number of hydrogen-bond donors (Lipinski definition) is 0. The molecule has 166 valence electrons. The number of benzene rings is 3. The molecule has 5 heteroatoms. The molecular formula is C27H29NO4. The van der Waals surface area contributed by atoms with Gasteiger partial charge in [0, 0.05) is 11.4 Å². The maximum atomic E-state index is 13.1. The zero-order valence-corrected chi connectivity index (χ0v) is 18.9. The van der Waals surface area contributed by atoms with E-state index in [-0.39, 0.29) is 12.2 Å². The van der Waals surface area contributed by atoms with Gasteiger partial charge in [0.05, 0.1) is 12.2 Å². The van der Waals surface area contributed by atoms with E-state index >= 15 is 0 Å². The average molecular weight is 432 g/mol. The molecule has 0 aliphatic rings. The van der Waals surface area contributed by atoms with Crippen LogP contribution in [0.4, 0.5) is 11.4 Å². The van der Waals surface area contributed by atoms with E-state index in [1.54, 1.807) is 32.6 Å². The van der Waals surface area contributed by atoms with Gasteiger partial charge in [0.25, 0.3) is 0 Å². The van der Waals surface area contributed by atoms with Crippen LogP contribution < -0.4 is 4.90 Å². The Labute approximate surface area is 189 Å². The van der Waals surface area contributed by atoms with Crippen molar-refractivity contribution in [2.45, 2.75) is 45.9 Å². The zero-order chi connectivity index (χ0) is 23.1. The van der Waals surface area contributed by atoms with Crippen LogP contribution in [-0.4, -0.2) is 30.2 Å². The molecule has 0 spiro atoms. The molecule has 3 aromatic carbocycles. The van der Waals surface area contributed by atoms with Crippen molar-refractivity contribution in [3.63, 3.8) is 0 Å². The highest BCUT2D eigenvalue weighted by atomic mass is 16.6. The summed E-state index contributed by atoms with van der Waals surface area (Å²) in [5, 5.41) is 0. The minimum atomic E-state index is -1.27. The summed E-state index contributed by atoms with van der Waals surface area (Å²) in [5.41, 5.74) is 3.49. The quantitative estimate of drug-likeness (QED) is 0.335. The SMILES string of the molecule is CC(C)OC(=O)C(C(=O)OC(C)C)N(c1ccccc1)c1ccc(-c2ccccc2)cc1. The van der Waals surface area contributed by atoms with E-state index in [2.05, 4.69) is 0 Å². The van der Waals surface area contributed by atoms with Gasteiger partial charge in [-0.05, 0) is 63.1 Å². The molecular weight excluding hydrogens is 402 g/mol. The lowest BCUT2D eigenvalue weighted by molar-refractivity contribution is -0.160. The normalized spacial score (nSPS) is 11.0. The van der Waals surface area contributed by atoms with E-state index < -0.39 is 18.0 Å². The van der Waals surface area contributed by atoms with Crippen LogP contribution in [0.25, 0.3) is 11.1 Å². The van der Waals surface area contributed by atoms with Crippen molar-refractivity contribution in [2.24, 2.45) is 0 Å². The minimum absolute atomic E-state index is 0.366. The number of esters is 2. The van der Waals surface area contributed by atoms with Crippen LogP contribution in [0.15, 0.2) is 84.9 Å². The molecule has 0 unspecified atom stereocenters. The Balaban J connectivity index is 2.07. The number of hydrogen-bond acceptors (Lipinski definition) is 5. The summed E-state index contributed by atoms with van der Waals surface area (Å²) in [6, 6.07) is 25.8. The van der Waals surface area contributed by atoms with Gasteiger partial charge < -0.3 is 14.4 Å². The molecule has 5 nitrogen and oxygen atoms in total. The lowest BCUT2D eigenvalue weighted by Crippen LogP contribution is -2.47. The Morgan fingerprint density at radius 3 is 1.47 bits per heavy atom. The third kappa shape index (κ3) is 5.76. The van der Waals surface area contributed by atoms with E-state index in [1.165, 1.54) is 0 Å². The number of carbonyl (C=O) groups is 2. The van der Waals surface area contributed by atoms with Crippen molar-refractivity contribution in [3.05, 3.63) is 84.9 Å². The number of para-hydroxylation sites is 1. The Hall–Kier alpha value is -3.60. The second-order valence-corrected chi connectivity index (χ2v) is 7.99. The second-order valence-electron chi connectivity index (χ2n) is 7.99. The molecule has 32 heavy (non-hydrogen) atoms. The highest BCUT2D eigenvalue weighted by Crippen LogP contribution is 2.31. The maximum absolute atomic E-state index is 13.1. The van der Waals surface area contributed by atoms with Crippen molar-refractivity contribution in [2.75, 3.05) is 4.90 Å². The molecule has 0 atom stereocenters. The van der Waals surface area contributed by atoms with Crippen LogP contribution >= 0.6 is 0 Å². The number of carbonyl (C=O) groups excluding carboxylic acids is 2. The number of anilines is 2.